The monoisotopic (exact) mass is 277 g/mol. The molecule has 0 radical (unpaired) electrons. The molecule has 0 bridgehead atoms. The maximum absolute atomic E-state index is 9.07. The van der Waals surface area contributed by atoms with Crippen molar-refractivity contribution in [3.8, 4) is 6.07 Å². The van der Waals surface area contributed by atoms with Gasteiger partial charge in [-0.3, -0.25) is 0 Å². The summed E-state index contributed by atoms with van der Waals surface area (Å²) in [6.45, 7) is 4.18. The zero-order valence-electron chi connectivity index (χ0n) is 11.1. The third-order valence-electron chi connectivity index (χ3n) is 3.87. The second kappa shape index (κ2) is 3.81. The second-order valence-electron chi connectivity index (χ2n) is 4.98. The molecule has 0 amide bonds. The summed E-state index contributed by atoms with van der Waals surface area (Å²) in [5, 5.41) is 12.0. The summed E-state index contributed by atoms with van der Waals surface area (Å²) in [7, 11) is 0. The number of rotatable bonds is 0. The van der Waals surface area contributed by atoms with Gasteiger partial charge in [-0.05, 0) is 31.0 Å². The number of hydrogen-bond donors (Lipinski definition) is 1. The molecule has 4 rings (SSSR count). The van der Waals surface area contributed by atoms with Gasteiger partial charge in [-0.25, -0.2) is 4.98 Å². The highest BCUT2D eigenvalue weighted by atomic mass is 32.1. The van der Waals surface area contributed by atoms with Crippen molar-refractivity contribution in [1.82, 2.24) is 9.97 Å². The van der Waals surface area contributed by atoms with Crippen LogP contribution >= 0.6 is 11.3 Å². The van der Waals surface area contributed by atoms with Gasteiger partial charge in [0.25, 0.3) is 0 Å². The molecular formula is C16H11N3S. The third kappa shape index (κ3) is 1.30. The van der Waals surface area contributed by atoms with Crippen molar-refractivity contribution in [3.63, 3.8) is 0 Å². The molecular weight excluding hydrogens is 266 g/mol. The minimum atomic E-state index is 0.531. The minimum absolute atomic E-state index is 0.531. The lowest BCUT2D eigenvalue weighted by atomic mass is 10.0. The Labute approximate surface area is 119 Å². The molecule has 0 saturated carbocycles. The highest BCUT2D eigenvalue weighted by Crippen LogP contribution is 2.38. The Morgan fingerprint density at radius 2 is 2.00 bits per heavy atom. The molecule has 0 unspecified atom stereocenters. The standard InChI is InChI=1S/C16H11N3S/c1-8-13-10-5-3-4-6-11(10)18-14(13)9(2)16-15(8)19-12(7-17)20-16/h3-6,18H,1-2H3. The Hall–Kier alpha value is -2.38. The van der Waals surface area contributed by atoms with Gasteiger partial charge >= 0.3 is 0 Å². The van der Waals surface area contributed by atoms with Crippen molar-refractivity contribution in [2.75, 3.05) is 0 Å². The van der Waals surface area contributed by atoms with E-state index in [-0.39, 0.29) is 0 Å². The van der Waals surface area contributed by atoms with Crippen molar-refractivity contribution in [2.24, 2.45) is 0 Å². The van der Waals surface area contributed by atoms with Crippen LogP contribution in [0.4, 0.5) is 0 Å². The van der Waals surface area contributed by atoms with Gasteiger partial charge in [0.1, 0.15) is 6.07 Å². The number of nitrogens with zero attached hydrogens (tertiary/aromatic N) is 2. The van der Waals surface area contributed by atoms with E-state index in [1.54, 1.807) is 0 Å². The van der Waals surface area contributed by atoms with Crippen LogP contribution in [0.2, 0.25) is 0 Å². The summed E-state index contributed by atoms with van der Waals surface area (Å²) in [4.78, 5) is 7.97. The van der Waals surface area contributed by atoms with Crippen LogP contribution in [0.1, 0.15) is 16.1 Å². The number of nitrogens with one attached hydrogen (secondary N) is 1. The predicted molar refractivity (Wildman–Crippen MR) is 83.2 cm³/mol. The van der Waals surface area contributed by atoms with Gasteiger partial charge in [-0.15, -0.1) is 11.3 Å². The molecule has 0 atom stereocenters. The van der Waals surface area contributed by atoms with Crippen molar-refractivity contribution in [3.05, 3.63) is 40.4 Å². The van der Waals surface area contributed by atoms with E-state index >= 15 is 0 Å². The molecule has 0 saturated heterocycles. The molecule has 3 nitrogen and oxygen atoms in total. The summed E-state index contributed by atoms with van der Waals surface area (Å²) in [6, 6.07) is 10.5. The lowest BCUT2D eigenvalue weighted by molar-refractivity contribution is 1.38. The van der Waals surface area contributed by atoms with Gasteiger partial charge in [0.15, 0.2) is 5.01 Å². The Bertz CT molecular complexity index is 1030. The van der Waals surface area contributed by atoms with E-state index in [2.05, 4.69) is 48.1 Å². The van der Waals surface area contributed by atoms with Gasteiger partial charge < -0.3 is 4.98 Å². The summed E-state index contributed by atoms with van der Waals surface area (Å²) >= 11 is 1.47. The van der Waals surface area contributed by atoms with E-state index in [0.29, 0.717) is 5.01 Å². The molecule has 20 heavy (non-hydrogen) atoms. The predicted octanol–water partition coefficient (Wildman–Crippen LogP) is 4.42. The highest BCUT2D eigenvalue weighted by molar-refractivity contribution is 7.19. The SMILES string of the molecule is Cc1c2[nH]c3ccccc3c2c(C)c2nc(C#N)sc12. The van der Waals surface area contributed by atoms with E-state index in [1.807, 2.05) is 6.07 Å². The topological polar surface area (TPSA) is 52.5 Å². The van der Waals surface area contributed by atoms with Crippen LogP contribution in [0.5, 0.6) is 0 Å². The van der Waals surface area contributed by atoms with E-state index in [4.69, 9.17) is 5.26 Å². The zero-order chi connectivity index (χ0) is 13.9. The van der Waals surface area contributed by atoms with Crippen LogP contribution in [0.25, 0.3) is 32.0 Å². The van der Waals surface area contributed by atoms with Crippen molar-refractivity contribution in [2.45, 2.75) is 13.8 Å². The number of H-pyrrole nitrogens is 1. The van der Waals surface area contributed by atoms with Gasteiger partial charge in [0.2, 0.25) is 0 Å². The number of thiazole rings is 1. The second-order valence-corrected chi connectivity index (χ2v) is 5.98. The van der Waals surface area contributed by atoms with Crippen LogP contribution in [0, 0.1) is 25.2 Å². The molecule has 96 valence electrons. The van der Waals surface area contributed by atoms with Crippen LogP contribution in [-0.2, 0) is 0 Å². The molecule has 0 fully saturated rings. The first-order chi connectivity index (χ1) is 9.70. The smallest absolute Gasteiger partial charge is 0.195 e. The Morgan fingerprint density at radius 3 is 2.80 bits per heavy atom. The molecule has 0 aliphatic heterocycles. The van der Waals surface area contributed by atoms with Crippen LogP contribution in [-0.4, -0.2) is 9.97 Å². The summed E-state index contributed by atoms with van der Waals surface area (Å²) < 4.78 is 1.11. The molecule has 2 aromatic heterocycles. The van der Waals surface area contributed by atoms with Gasteiger partial charge in [0, 0.05) is 16.3 Å². The molecule has 0 aliphatic carbocycles. The summed E-state index contributed by atoms with van der Waals surface area (Å²) in [6.07, 6.45) is 0. The molecule has 2 heterocycles. The molecule has 4 aromatic rings. The third-order valence-corrected chi connectivity index (χ3v) is 4.95. The van der Waals surface area contributed by atoms with Gasteiger partial charge in [-0.2, -0.15) is 5.26 Å². The average Bonchev–Trinajstić information content (AvgIpc) is 3.06. The van der Waals surface area contributed by atoms with Crippen molar-refractivity contribution >= 4 is 43.4 Å². The largest absolute Gasteiger partial charge is 0.354 e. The fourth-order valence-corrected chi connectivity index (χ4v) is 3.85. The van der Waals surface area contributed by atoms with Gasteiger partial charge in [-0.1, -0.05) is 18.2 Å². The first-order valence-corrected chi connectivity index (χ1v) is 7.22. The van der Waals surface area contributed by atoms with Crippen LogP contribution < -0.4 is 0 Å². The number of para-hydroxylation sites is 1. The van der Waals surface area contributed by atoms with Crippen LogP contribution in [0.15, 0.2) is 24.3 Å². The molecule has 2 aromatic carbocycles. The number of benzene rings is 2. The van der Waals surface area contributed by atoms with E-state index in [1.165, 1.54) is 27.7 Å². The fourth-order valence-electron chi connectivity index (χ4n) is 2.92. The quantitative estimate of drug-likeness (QED) is 0.517. The number of aromatic nitrogens is 2. The first-order valence-electron chi connectivity index (χ1n) is 6.41. The van der Waals surface area contributed by atoms with E-state index in [0.717, 1.165) is 26.8 Å². The minimum Gasteiger partial charge on any atom is -0.354 e. The van der Waals surface area contributed by atoms with Gasteiger partial charge in [0.05, 0.1) is 15.7 Å². The Morgan fingerprint density at radius 1 is 1.20 bits per heavy atom. The Kier molecular flexibility index (Phi) is 2.18. The maximum Gasteiger partial charge on any atom is 0.195 e. The van der Waals surface area contributed by atoms with E-state index in [9.17, 15) is 0 Å². The van der Waals surface area contributed by atoms with Crippen molar-refractivity contribution in [1.29, 1.82) is 5.26 Å². The fraction of sp³-hybridized carbons (Fsp3) is 0.125. The first kappa shape index (κ1) is 11.4. The maximum atomic E-state index is 9.07. The van der Waals surface area contributed by atoms with Crippen LogP contribution in [0.3, 0.4) is 0 Å². The summed E-state index contributed by atoms with van der Waals surface area (Å²) in [5.74, 6) is 0. The van der Waals surface area contributed by atoms with E-state index < -0.39 is 0 Å². The van der Waals surface area contributed by atoms with Crippen molar-refractivity contribution < 1.29 is 0 Å². The summed E-state index contributed by atoms with van der Waals surface area (Å²) in [5.41, 5.74) is 5.59. The number of fused-ring (bicyclic) bond motifs is 4. The molecule has 1 N–H and O–H groups in total. The normalized spacial score (nSPS) is 11.4. The lowest BCUT2D eigenvalue weighted by Gasteiger charge is -2.03. The molecule has 0 aliphatic rings. The lowest BCUT2D eigenvalue weighted by Crippen LogP contribution is -1.84. The number of nitriles is 1. The zero-order valence-corrected chi connectivity index (χ0v) is 11.9. The number of hydrogen-bond acceptors (Lipinski definition) is 3. The molecule has 4 heteroatoms. The highest BCUT2D eigenvalue weighted by Gasteiger charge is 2.16. The average molecular weight is 277 g/mol. The number of aryl methyl sites for hydroxylation is 2. The molecule has 0 spiro atoms. The Balaban J connectivity index is 2.33. The number of aromatic amines is 1.